The van der Waals surface area contributed by atoms with E-state index >= 15 is 0 Å². The van der Waals surface area contributed by atoms with Gasteiger partial charge in [0.1, 0.15) is 0 Å². The second kappa shape index (κ2) is 8.66. The fraction of sp³-hybridized carbons (Fsp3) is 0.211. The molecule has 26 heavy (non-hydrogen) atoms. The van der Waals surface area contributed by atoms with E-state index in [0.717, 1.165) is 0 Å². The molecule has 0 heterocycles. The topological polar surface area (TPSA) is 87.9 Å². The summed E-state index contributed by atoms with van der Waals surface area (Å²) in [4.78, 5) is 22.6. The van der Waals surface area contributed by atoms with Crippen molar-refractivity contribution in [3.05, 3.63) is 63.7 Å². The minimum absolute atomic E-state index is 0.131. The van der Waals surface area contributed by atoms with Crippen LogP contribution in [0.15, 0.2) is 42.5 Å². The van der Waals surface area contributed by atoms with Crippen LogP contribution in [0.2, 0.25) is 0 Å². The van der Waals surface area contributed by atoms with Crippen LogP contribution >= 0.6 is 0 Å². The lowest BCUT2D eigenvalue weighted by molar-refractivity contribution is -0.384. The van der Waals surface area contributed by atoms with Gasteiger partial charge in [0.2, 0.25) is 5.75 Å². The highest BCUT2D eigenvalue weighted by Crippen LogP contribution is 2.38. The van der Waals surface area contributed by atoms with Crippen molar-refractivity contribution in [3.8, 4) is 17.2 Å². The largest absolute Gasteiger partial charge is 0.493 e. The number of nitrogens with zero attached hydrogens (tertiary/aromatic N) is 1. The van der Waals surface area contributed by atoms with Crippen LogP contribution in [0.5, 0.6) is 17.2 Å². The van der Waals surface area contributed by atoms with Gasteiger partial charge in [0, 0.05) is 17.7 Å². The van der Waals surface area contributed by atoms with Gasteiger partial charge >= 0.3 is 0 Å². The Hall–Kier alpha value is -3.35. The normalized spacial score (nSPS) is 10.6. The van der Waals surface area contributed by atoms with Crippen molar-refractivity contribution < 1.29 is 23.9 Å². The summed E-state index contributed by atoms with van der Waals surface area (Å²) < 4.78 is 16.2. The van der Waals surface area contributed by atoms with Crippen LogP contribution in [0.25, 0.3) is 6.08 Å². The summed E-state index contributed by atoms with van der Waals surface area (Å²) in [7, 11) is 3.03. The first-order valence-electron chi connectivity index (χ1n) is 7.85. The fourth-order valence-electron chi connectivity index (χ4n) is 2.32. The molecule has 0 bridgehead atoms. The van der Waals surface area contributed by atoms with Gasteiger partial charge in [0.25, 0.3) is 5.69 Å². The number of benzene rings is 2. The van der Waals surface area contributed by atoms with Crippen LogP contribution in [-0.2, 0) is 0 Å². The summed E-state index contributed by atoms with van der Waals surface area (Å²) in [6.45, 7) is 2.30. The molecule has 0 fully saturated rings. The van der Waals surface area contributed by atoms with E-state index in [1.807, 2.05) is 6.92 Å². The molecule has 0 aliphatic carbocycles. The lowest BCUT2D eigenvalue weighted by atomic mass is 10.1. The third-order valence-electron chi connectivity index (χ3n) is 3.54. The molecule has 2 aromatic carbocycles. The maximum atomic E-state index is 12.3. The monoisotopic (exact) mass is 357 g/mol. The highest BCUT2D eigenvalue weighted by atomic mass is 16.6. The van der Waals surface area contributed by atoms with E-state index in [1.54, 1.807) is 18.2 Å². The lowest BCUT2D eigenvalue weighted by Gasteiger charge is -2.14. The van der Waals surface area contributed by atoms with Crippen LogP contribution in [0.4, 0.5) is 5.69 Å². The quantitative estimate of drug-likeness (QED) is 0.308. The number of non-ortho nitro benzene ring substituents is 1. The van der Waals surface area contributed by atoms with E-state index in [4.69, 9.17) is 14.2 Å². The Morgan fingerprint density at radius 3 is 2.35 bits per heavy atom. The molecule has 0 aromatic heterocycles. The van der Waals surface area contributed by atoms with Crippen LogP contribution in [0.1, 0.15) is 22.8 Å². The molecule has 0 saturated heterocycles. The molecule has 136 valence electrons. The van der Waals surface area contributed by atoms with Crippen molar-refractivity contribution in [1.82, 2.24) is 0 Å². The number of rotatable bonds is 8. The van der Waals surface area contributed by atoms with Gasteiger partial charge in [-0.3, -0.25) is 14.9 Å². The Labute approximate surface area is 151 Å². The number of ketones is 1. The zero-order valence-corrected chi connectivity index (χ0v) is 14.7. The van der Waals surface area contributed by atoms with Gasteiger partial charge in [0.05, 0.1) is 25.7 Å². The highest BCUT2D eigenvalue weighted by molar-refractivity contribution is 6.07. The van der Waals surface area contributed by atoms with E-state index in [1.165, 1.54) is 44.6 Å². The Bertz CT molecular complexity index is 819. The van der Waals surface area contributed by atoms with E-state index in [-0.39, 0.29) is 17.0 Å². The van der Waals surface area contributed by atoms with Crippen molar-refractivity contribution in [1.29, 1.82) is 0 Å². The predicted octanol–water partition coefficient (Wildman–Crippen LogP) is 3.91. The maximum absolute atomic E-state index is 12.3. The first kappa shape index (κ1) is 19.0. The zero-order chi connectivity index (χ0) is 19.1. The van der Waals surface area contributed by atoms with Gasteiger partial charge in [-0.25, -0.2) is 0 Å². The first-order valence-corrected chi connectivity index (χ1v) is 7.85. The molecule has 0 aliphatic heterocycles. The second-order valence-corrected chi connectivity index (χ2v) is 5.19. The number of carbonyl (C=O) groups excluding carboxylic acids is 1. The fourth-order valence-corrected chi connectivity index (χ4v) is 2.32. The number of hydrogen-bond donors (Lipinski definition) is 0. The van der Waals surface area contributed by atoms with Gasteiger partial charge in [-0.1, -0.05) is 18.2 Å². The number of allylic oxidation sites excluding steroid dienone is 1. The van der Waals surface area contributed by atoms with Gasteiger partial charge in [-0.05, 0) is 30.7 Å². The van der Waals surface area contributed by atoms with Crippen LogP contribution in [0, 0.1) is 10.1 Å². The molecule has 2 rings (SSSR count). The third kappa shape index (κ3) is 4.38. The standard InChI is InChI=1S/C19H19NO6/c1-4-26-19-17(24-2)10-13(11-18(19)25-3)8-9-16(21)14-6-5-7-15(12-14)20(22)23/h5-12H,4H2,1-3H3. The predicted molar refractivity (Wildman–Crippen MR) is 97.2 cm³/mol. The number of ether oxygens (including phenoxy) is 3. The lowest BCUT2D eigenvalue weighted by Crippen LogP contribution is -1.99. The Morgan fingerprint density at radius 2 is 1.81 bits per heavy atom. The number of hydrogen-bond acceptors (Lipinski definition) is 6. The summed E-state index contributed by atoms with van der Waals surface area (Å²) in [6.07, 6.45) is 2.93. The van der Waals surface area contributed by atoms with E-state index < -0.39 is 4.92 Å². The molecular formula is C19H19NO6. The molecule has 0 atom stereocenters. The van der Waals surface area contributed by atoms with Gasteiger partial charge in [-0.2, -0.15) is 0 Å². The average molecular weight is 357 g/mol. The van der Waals surface area contributed by atoms with Crippen molar-refractivity contribution in [3.63, 3.8) is 0 Å². The van der Waals surface area contributed by atoms with Gasteiger partial charge in [-0.15, -0.1) is 0 Å². The van der Waals surface area contributed by atoms with Crippen LogP contribution < -0.4 is 14.2 Å². The third-order valence-corrected chi connectivity index (χ3v) is 3.54. The van der Waals surface area contributed by atoms with Gasteiger partial charge in [0.15, 0.2) is 17.3 Å². The van der Waals surface area contributed by atoms with Crippen LogP contribution in [0.3, 0.4) is 0 Å². The maximum Gasteiger partial charge on any atom is 0.270 e. The molecule has 2 aromatic rings. The van der Waals surface area contributed by atoms with Crippen molar-refractivity contribution >= 4 is 17.5 Å². The smallest absolute Gasteiger partial charge is 0.270 e. The number of methoxy groups -OCH3 is 2. The summed E-state index contributed by atoms with van der Waals surface area (Å²) in [5.41, 5.74) is 0.773. The Morgan fingerprint density at radius 1 is 1.15 bits per heavy atom. The van der Waals surface area contributed by atoms with E-state index in [0.29, 0.717) is 29.4 Å². The Balaban J connectivity index is 2.31. The molecular weight excluding hydrogens is 338 g/mol. The number of nitro benzene ring substituents is 1. The molecule has 0 aliphatic rings. The minimum Gasteiger partial charge on any atom is -0.493 e. The summed E-state index contributed by atoms with van der Waals surface area (Å²) in [5.74, 6) is 1.10. The summed E-state index contributed by atoms with van der Waals surface area (Å²) in [6, 6.07) is 9.01. The molecule has 7 heteroatoms. The molecule has 0 amide bonds. The average Bonchev–Trinajstić information content (AvgIpc) is 2.66. The zero-order valence-electron chi connectivity index (χ0n) is 14.7. The first-order chi connectivity index (χ1) is 12.5. The molecule has 0 N–H and O–H groups in total. The van der Waals surface area contributed by atoms with Gasteiger partial charge < -0.3 is 14.2 Å². The molecule has 0 spiro atoms. The second-order valence-electron chi connectivity index (χ2n) is 5.19. The summed E-state index contributed by atoms with van der Waals surface area (Å²) in [5, 5.41) is 10.8. The number of nitro groups is 1. The molecule has 0 saturated carbocycles. The number of carbonyl (C=O) groups is 1. The molecule has 0 unspecified atom stereocenters. The Kier molecular flexibility index (Phi) is 6.32. The van der Waals surface area contributed by atoms with Crippen molar-refractivity contribution in [2.45, 2.75) is 6.92 Å². The molecule has 0 radical (unpaired) electrons. The van der Waals surface area contributed by atoms with Crippen LogP contribution in [-0.4, -0.2) is 31.5 Å². The summed E-state index contributed by atoms with van der Waals surface area (Å²) >= 11 is 0. The van der Waals surface area contributed by atoms with E-state index in [2.05, 4.69) is 0 Å². The van der Waals surface area contributed by atoms with Crippen molar-refractivity contribution in [2.75, 3.05) is 20.8 Å². The minimum atomic E-state index is -0.539. The van der Waals surface area contributed by atoms with Crippen molar-refractivity contribution in [2.24, 2.45) is 0 Å². The van der Waals surface area contributed by atoms with E-state index in [9.17, 15) is 14.9 Å². The molecule has 7 nitrogen and oxygen atoms in total. The SMILES string of the molecule is CCOc1c(OC)cc(C=CC(=O)c2cccc([N+](=O)[O-])c2)cc1OC. The highest BCUT2D eigenvalue weighted by Gasteiger charge is 2.13.